The van der Waals surface area contributed by atoms with Crippen LogP contribution in [0.5, 0.6) is 0 Å². The van der Waals surface area contributed by atoms with E-state index in [0.29, 0.717) is 12.5 Å². The van der Waals surface area contributed by atoms with Gasteiger partial charge in [0, 0.05) is 6.54 Å². The third kappa shape index (κ3) is 4.68. The lowest BCUT2D eigenvalue weighted by Crippen LogP contribution is -2.33. The molecule has 2 aromatic rings. The van der Waals surface area contributed by atoms with Crippen molar-refractivity contribution in [3.63, 3.8) is 0 Å². The third-order valence-corrected chi connectivity index (χ3v) is 6.37. The van der Waals surface area contributed by atoms with Gasteiger partial charge < -0.3 is 0 Å². The van der Waals surface area contributed by atoms with Crippen molar-refractivity contribution in [2.45, 2.75) is 36.5 Å². The molecule has 1 aliphatic heterocycles. The molecular weight excluding hydrogens is 356 g/mol. The van der Waals surface area contributed by atoms with E-state index in [1.807, 2.05) is 6.07 Å². The summed E-state index contributed by atoms with van der Waals surface area (Å²) in [4.78, 5) is 2.01. The van der Waals surface area contributed by atoms with Gasteiger partial charge in [-0.25, -0.2) is 8.42 Å². The van der Waals surface area contributed by atoms with Gasteiger partial charge in [0.1, 0.15) is 0 Å². The normalized spacial score (nSPS) is 16.9. The van der Waals surface area contributed by atoms with Crippen molar-refractivity contribution in [1.82, 2.24) is 4.90 Å². The van der Waals surface area contributed by atoms with E-state index in [-0.39, 0.29) is 4.90 Å². The van der Waals surface area contributed by atoms with Gasteiger partial charge in [0.05, 0.1) is 4.90 Å². The molecule has 3 nitrogen and oxygen atoms in total. The van der Waals surface area contributed by atoms with Gasteiger partial charge in [0.15, 0.2) is 0 Å². The molecule has 0 aliphatic carbocycles. The Morgan fingerprint density at radius 1 is 0.923 bits per heavy atom. The number of nitrogens with zero attached hydrogens (tertiary/aromatic N) is 1. The topological polar surface area (TPSA) is 37.4 Å². The van der Waals surface area contributed by atoms with Gasteiger partial charge in [0.2, 0.25) is 9.84 Å². The molecule has 2 aromatic carbocycles. The summed E-state index contributed by atoms with van der Waals surface area (Å²) in [6.45, 7) is 2.70. The molecule has 1 heterocycles. The molecule has 0 N–H and O–H groups in total. The quantitative estimate of drug-likeness (QED) is 0.757. The average molecular weight is 379 g/mol. The second-order valence-corrected chi connectivity index (χ2v) is 8.78. The van der Waals surface area contributed by atoms with Crippen molar-refractivity contribution in [3.8, 4) is 0 Å². The Kier molecular flexibility index (Phi) is 6.04. The number of alkyl halides is 2. The monoisotopic (exact) mass is 379 g/mol. The summed E-state index contributed by atoms with van der Waals surface area (Å²) in [5.74, 6) is -2.69. The molecule has 0 bridgehead atoms. The van der Waals surface area contributed by atoms with E-state index in [0.717, 1.165) is 37.9 Å². The average Bonchev–Trinajstić information content (AvgIpc) is 2.64. The summed E-state index contributed by atoms with van der Waals surface area (Å²) in [6.07, 6.45) is 3.37. The second kappa shape index (κ2) is 8.27. The maximum Gasteiger partial charge on any atom is 0.341 e. The van der Waals surface area contributed by atoms with Crippen LogP contribution in [0.3, 0.4) is 0 Å². The molecule has 0 amide bonds. The predicted molar refractivity (Wildman–Crippen MR) is 97.8 cm³/mol. The molecule has 0 radical (unpaired) electrons. The van der Waals surface area contributed by atoms with Crippen LogP contribution in [0, 0.1) is 5.92 Å². The minimum absolute atomic E-state index is 0.321. The van der Waals surface area contributed by atoms with Crippen LogP contribution in [0.4, 0.5) is 8.78 Å². The molecule has 26 heavy (non-hydrogen) atoms. The molecule has 0 atom stereocenters. The van der Waals surface area contributed by atoms with Crippen LogP contribution in [0.15, 0.2) is 59.5 Å². The number of benzene rings is 2. The molecule has 1 aliphatic rings. The lowest BCUT2D eigenvalue weighted by Gasteiger charge is -2.32. The molecule has 0 aromatic heterocycles. The van der Waals surface area contributed by atoms with Gasteiger partial charge >= 0.3 is 5.76 Å². The fourth-order valence-electron chi connectivity index (χ4n) is 3.44. The number of rotatable bonds is 6. The molecule has 0 unspecified atom stereocenters. The lowest BCUT2D eigenvalue weighted by atomic mass is 9.90. The van der Waals surface area contributed by atoms with Gasteiger partial charge in [0.25, 0.3) is 0 Å². The van der Waals surface area contributed by atoms with E-state index >= 15 is 0 Å². The molecule has 3 rings (SSSR count). The summed E-state index contributed by atoms with van der Waals surface area (Å²) in [6, 6.07) is 16.3. The first-order chi connectivity index (χ1) is 12.4. The summed E-state index contributed by atoms with van der Waals surface area (Å²) in [7, 11) is -4.51. The second-order valence-electron chi connectivity index (χ2n) is 6.86. The standard InChI is InChI=1S/C20H23F2NO2S/c21-20(22)26(24,25)19-8-6-18(7-9-19)15-23-12-10-17(11-13-23)14-16-4-2-1-3-5-16/h1-9,17,20H,10-15H2. The highest BCUT2D eigenvalue weighted by atomic mass is 32.2. The molecule has 0 saturated carbocycles. The highest BCUT2D eigenvalue weighted by molar-refractivity contribution is 7.91. The zero-order chi connectivity index (χ0) is 18.6. The van der Waals surface area contributed by atoms with Crippen LogP contribution in [0.25, 0.3) is 0 Å². The zero-order valence-corrected chi connectivity index (χ0v) is 15.3. The van der Waals surface area contributed by atoms with E-state index in [1.54, 1.807) is 12.1 Å². The third-order valence-electron chi connectivity index (χ3n) is 4.97. The van der Waals surface area contributed by atoms with E-state index < -0.39 is 15.6 Å². The fourth-order valence-corrected chi connectivity index (χ4v) is 4.16. The summed E-state index contributed by atoms with van der Waals surface area (Å²) >= 11 is 0. The van der Waals surface area contributed by atoms with Crippen LogP contribution in [0.1, 0.15) is 24.0 Å². The highest BCUT2D eigenvalue weighted by Crippen LogP contribution is 2.24. The highest BCUT2D eigenvalue weighted by Gasteiger charge is 2.26. The first-order valence-electron chi connectivity index (χ1n) is 8.82. The van der Waals surface area contributed by atoms with E-state index in [4.69, 9.17) is 0 Å². The Balaban J connectivity index is 1.52. The van der Waals surface area contributed by atoms with Gasteiger partial charge in [-0.2, -0.15) is 8.78 Å². The molecule has 1 saturated heterocycles. The maximum absolute atomic E-state index is 12.6. The Hall–Kier alpha value is -1.79. The minimum atomic E-state index is -4.51. The smallest absolute Gasteiger partial charge is 0.299 e. The Morgan fingerprint density at radius 2 is 1.54 bits per heavy atom. The van der Waals surface area contributed by atoms with Gasteiger partial charge in [-0.1, -0.05) is 42.5 Å². The van der Waals surface area contributed by atoms with Crippen molar-refractivity contribution in [1.29, 1.82) is 0 Å². The van der Waals surface area contributed by atoms with Gasteiger partial charge in [-0.05, 0) is 61.5 Å². The van der Waals surface area contributed by atoms with Crippen molar-refractivity contribution in [2.75, 3.05) is 13.1 Å². The summed E-state index contributed by atoms with van der Waals surface area (Å²) in [5, 5.41) is 0. The zero-order valence-electron chi connectivity index (χ0n) is 14.5. The van der Waals surface area contributed by atoms with Gasteiger partial charge in [-0.15, -0.1) is 0 Å². The number of piperidine rings is 1. The molecule has 0 spiro atoms. The van der Waals surface area contributed by atoms with Crippen LogP contribution >= 0.6 is 0 Å². The first kappa shape index (κ1) is 19.0. The van der Waals surface area contributed by atoms with E-state index in [9.17, 15) is 17.2 Å². The lowest BCUT2D eigenvalue weighted by molar-refractivity contribution is 0.177. The van der Waals surface area contributed by atoms with Crippen molar-refractivity contribution in [2.24, 2.45) is 5.92 Å². The number of halogens is 2. The van der Waals surface area contributed by atoms with E-state index in [1.165, 1.54) is 17.7 Å². The summed E-state index contributed by atoms with van der Waals surface area (Å²) < 4.78 is 48.1. The first-order valence-corrected chi connectivity index (χ1v) is 10.4. The molecular formula is C20H23F2NO2S. The van der Waals surface area contributed by atoms with Crippen LogP contribution in [-0.4, -0.2) is 32.2 Å². The SMILES string of the molecule is O=S(=O)(c1ccc(CN2CCC(Cc3ccccc3)CC2)cc1)C(F)F. The number of likely N-dealkylation sites (tertiary alicyclic amines) is 1. The number of hydrogen-bond acceptors (Lipinski definition) is 3. The Bertz CT molecular complexity index is 799. The van der Waals surface area contributed by atoms with Crippen molar-refractivity contribution < 1.29 is 17.2 Å². The Labute approximate surface area is 153 Å². The van der Waals surface area contributed by atoms with E-state index in [2.05, 4.69) is 29.2 Å². The fraction of sp³-hybridized carbons (Fsp3) is 0.400. The van der Waals surface area contributed by atoms with Crippen LogP contribution in [0.2, 0.25) is 0 Å². The largest absolute Gasteiger partial charge is 0.341 e. The predicted octanol–water partition coefficient (Wildman–Crippen LogP) is 4.14. The molecule has 6 heteroatoms. The van der Waals surface area contributed by atoms with Crippen molar-refractivity contribution >= 4 is 9.84 Å². The molecule has 1 fully saturated rings. The maximum atomic E-state index is 12.6. The minimum Gasteiger partial charge on any atom is -0.299 e. The van der Waals surface area contributed by atoms with Crippen molar-refractivity contribution in [3.05, 3.63) is 65.7 Å². The number of hydrogen-bond donors (Lipinski definition) is 0. The molecule has 140 valence electrons. The Morgan fingerprint density at radius 3 is 2.12 bits per heavy atom. The number of sulfone groups is 1. The van der Waals surface area contributed by atoms with Crippen LogP contribution in [-0.2, 0) is 22.8 Å². The van der Waals surface area contributed by atoms with Gasteiger partial charge in [-0.3, -0.25) is 4.90 Å². The summed E-state index contributed by atoms with van der Waals surface area (Å²) in [5.41, 5.74) is 2.32. The van der Waals surface area contributed by atoms with Crippen LogP contribution < -0.4 is 0 Å².